The third kappa shape index (κ3) is 2.81. The van der Waals surface area contributed by atoms with Crippen molar-refractivity contribution in [1.82, 2.24) is 19.2 Å². The number of hydrogen-bond donors (Lipinski definition) is 1. The molecule has 4 rings (SSSR count). The summed E-state index contributed by atoms with van der Waals surface area (Å²) >= 11 is 1.37. The second-order valence-corrected chi connectivity index (χ2v) is 7.49. The predicted molar refractivity (Wildman–Crippen MR) is 93.3 cm³/mol. The first-order chi connectivity index (χ1) is 11.6. The monoisotopic (exact) mass is 346 g/mol. The first-order valence-corrected chi connectivity index (χ1v) is 9.34. The van der Waals surface area contributed by atoms with Crippen LogP contribution in [0.2, 0.25) is 0 Å². The molecular formula is C17H22N4O2S. The number of aromatic nitrogens is 2. The fraction of sp³-hybridized carbons (Fsp3) is 0.588. The highest BCUT2D eigenvalue weighted by molar-refractivity contribution is 7.12. The fourth-order valence-corrected chi connectivity index (χ4v) is 4.57. The normalized spacial score (nSPS) is 25.5. The van der Waals surface area contributed by atoms with Crippen molar-refractivity contribution in [2.45, 2.75) is 38.3 Å². The standard InChI is InChI=1S/C17H22N4O2S/c1-11-13-9-12(10-18-16(13)24-19-11)17(23)21-7-5-20(6-8-21)14-3-2-4-15(14)22/h9-10,14-15,22H,2-8H2,1H3. The van der Waals surface area contributed by atoms with Crippen LogP contribution in [0.4, 0.5) is 0 Å². The highest BCUT2D eigenvalue weighted by Crippen LogP contribution is 2.26. The maximum atomic E-state index is 12.8. The van der Waals surface area contributed by atoms with Gasteiger partial charge in [-0.3, -0.25) is 9.69 Å². The molecular weight excluding hydrogens is 324 g/mol. The summed E-state index contributed by atoms with van der Waals surface area (Å²) in [6, 6.07) is 2.19. The van der Waals surface area contributed by atoms with Crippen LogP contribution in [0.3, 0.4) is 0 Å². The van der Waals surface area contributed by atoms with E-state index < -0.39 is 0 Å². The van der Waals surface area contributed by atoms with Gasteiger partial charge in [-0.1, -0.05) is 0 Å². The maximum Gasteiger partial charge on any atom is 0.255 e. The van der Waals surface area contributed by atoms with Gasteiger partial charge in [0.25, 0.3) is 5.91 Å². The predicted octanol–water partition coefficient (Wildman–Crippen LogP) is 1.67. The Morgan fingerprint density at radius 3 is 2.79 bits per heavy atom. The number of carbonyl (C=O) groups excluding carboxylic acids is 1. The lowest BCUT2D eigenvalue weighted by atomic mass is 10.1. The van der Waals surface area contributed by atoms with E-state index in [2.05, 4.69) is 14.3 Å². The van der Waals surface area contributed by atoms with Crippen molar-refractivity contribution in [2.75, 3.05) is 26.2 Å². The number of rotatable bonds is 2. The molecule has 2 atom stereocenters. The van der Waals surface area contributed by atoms with Crippen LogP contribution < -0.4 is 0 Å². The number of piperazine rings is 1. The van der Waals surface area contributed by atoms with Crippen LogP contribution >= 0.6 is 11.5 Å². The zero-order valence-electron chi connectivity index (χ0n) is 13.8. The Bertz CT molecular complexity index is 754. The largest absolute Gasteiger partial charge is 0.391 e. The number of carbonyl (C=O) groups is 1. The van der Waals surface area contributed by atoms with Crippen LogP contribution in [0.25, 0.3) is 10.2 Å². The molecule has 1 aliphatic heterocycles. The number of aliphatic hydroxyl groups excluding tert-OH is 1. The summed E-state index contributed by atoms with van der Waals surface area (Å²) in [6.07, 6.45) is 4.54. The highest BCUT2D eigenvalue weighted by Gasteiger charge is 2.33. The first-order valence-electron chi connectivity index (χ1n) is 8.57. The minimum absolute atomic E-state index is 0.0432. The molecule has 6 nitrogen and oxygen atoms in total. The first kappa shape index (κ1) is 15.9. The van der Waals surface area contributed by atoms with E-state index in [9.17, 15) is 9.90 Å². The van der Waals surface area contributed by atoms with Gasteiger partial charge in [-0.25, -0.2) is 4.98 Å². The lowest BCUT2D eigenvalue weighted by molar-refractivity contribution is 0.0315. The Kier molecular flexibility index (Phi) is 4.24. The molecule has 2 unspecified atom stereocenters. The van der Waals surface area contributed by atoms with Crippen LogP contribution in [-0.4, -0.2) is 68.5 Å². The quantitative estimate of drug-likeness (QED) is 0.896. The molecule has 1 N–H and O–H groups in total. The molecule has 128 valence electrons. The fourth-order valence-electron chi connectivity index (χ4n) is 3.85. The molecule has 2 fully saturated rings. The van der Waals surface area contributed by atoms with Gasteiger partial charge < -0.3 is 10.0 Å². The average molecular weight is 346 g/mol. The molecule has 0 aromatic carbocycles. The van der Waals surface area contributed by atoms with Gasteiger partial charge in [0, 0.05) is 43.8 Å². The van der Waals surface area contributed by atoms with Crippen molar-refractivity contribution in [3.63, 3.8) is 0 Å². The van der Waals surface area contributed by atoms with E-state index in [-0.39, 0.29) is 18.1 Å². The third-order valence-corrected chi connectivity index (χ3v) is 6.13. The number of nitrogens with zero attached hydrogens (tertiary/aromatic N) is 4. The van der Waals surface area contributed by atoms with Gasteiger partial charge in [-0.05, 0) is 43.8 Å². The summed E-state index contributed by atoms with van der Waals surface area (Å²) in [4.78, 5) is 22.3. The Morgan fingerprint density at radius 2 is 2.08 bits per heavy atom. The highest BCUT2D eigenvalue weighted by atomic mass is 32.1. The van der Waals surface area contributed by atoms with E-state index in [4.69, 9.17) is 0 Å². The summed E-state index contributed by atoms with van der Waals surface area (Å²) in [5.41, 5.74) is 1.57. The van der Waals surface area contributed by atoms with E-state index in [1.165, 1.54) is 11.5 Å². The molecule has 24 heavy (non-hydrogen) atoms. The molecule has 1 saturated carbocycles. The minimum Gasteiger partial charge on any atom is -0.391 e. The van der Waals surface area contributed by atoms with Crippen molar-refractivity contribution >= 4 is 27.7 Å². The molecule has 1 amide bonds. The molecule has 0 spiro atoms. The van der Waals surface area contributed by atoms with Gasteiger partial charge in [0.15, 0.2) is 0 Å². The van der Waals surface area contributed by atoms with Gasteiger partial charge in [0.05, 0.1) is 17.4 Å². The maximum absolute atomic E-state index is 12.8. The van der Waals surface area contributed by atoms with Crippen molar-refractivity contribution in [1.29, 1.82) is 0 Å². The van der Waals surface area contributed by atoms with Gasteiger partial charge in [-0.2, -0.15) is 4.37 Å². The minimum atomic E-state index is -0.201. The zero-order valence-corrected chi connectivity index (χ0v) is 14.6. The molecule has 2 aromatic rings. The summed E-state index contributed by atoms with van der Waals surface area (Å²) in [5, 5.41) is 11.0. The van der Waals surface area contributed by atoms with E-state index in [1.807, 2.05) is 17.9 Å². The average Bonchev–Trinajstić information content (AvgIpc) is 3.20. The number of fused-ring (bicyclic) bond motifs is 1. The molecule has 1 saturated heterocycles. The van der Waals surface area contributed by atoms with Crippen molar-refractivity contribution in [3.8, 4) is 0 Å². The number of amides is 1. The van der Waals surface area contributed by atoms with Crippen LogP contribution in [0.5, 0.6) is 0 Å². The van der Waals surface area contributed by atoms with Crippen LogP contribution in [0.1, 0.15) is 35.3 Å². The summed E-state index contributed by atoms with van der Waals surface area (Å²) < 4.78 is 4.29. The van der Waals surface area contributed by atoms with Gasteiger partial charge in [-0.15, -0.1) is 0 Å². The van der Waals surface area contributed by atoms with Crippen molar-refractivity contribution in [3.05, 3.63) is 23.5 Å². The lowest BCUT2D eigenvalue weighted by Crippen LogP contribution is -2.53. The molecule has 1 aliphatic carbocycles. The molecule has 3 heterocycles. The number of hydrogen-bond acceptors (Lipinski definition) is 6. The Morgan fingerprint density at radius 1 is 1.29 bits per heavy atom. The SMILES string of the molecule is Cc1nsc2ncc(C(=O)N3CCN(C4CCCC4O)CC3)cc12. The van der Waals surface area contributed by atoms with Crippen LogP contribution in [0, 0.1) is 6.92 Å². The summed E-state index contributed by atoms with van der Waals surface area (Å²) in [6.45, 7) is 5.03. The summed E-state index contributed by atoms with van der Waals surface area (Å²) in [5.74, 6) is 0.0432. The molecule has 0 radical (unpaired) electrons. The van der Waals surface area contributed by atoms with E-state index >= 15 is 0 Å². The zero-order chi connectivity index (χ0) is 16.7. The smallest absolute Gasteiger partial charge is 0.255 e. The number of aliphatic hydroxyl groups is 1. The molecule has 0 bridgehead atoms. The third-order valence-electron chi connectivity index (χ3n) is 5.27. The Balaban J connectivity index is 1.44. The van der Waals surface area contributed by atoms with E-state index in [1.54, 1.807) is 6.20 Å². The van der Waals surface area contributed by atoms with Crippen LogP contribution in [-0.2, 0) is 0 Å². The number of aryl methyl sites for hydroxylation is 1. The molecule has 2 aromatic heterocycles. The second kappa shape index (κ2) is 6.38. The lowest BCUT2D eigenvalue weighted by Gasteiger charge is -2.39. The molecule has 7 heteroatoms. The van der Waals surface area contributed by atoms with Crippen molar-refractivity contribution < 1.29 is 9.90 Å². The summed E-state index contributed by atoms with van der Waals surface area (Å²) in [7, 11) is 0. The van der Waals surface area contributed by atoms with Crippen LogP contribution in [0.15, 0.2) is 12.3 Å². The van der Waals surface area contributed by atoms with E-state index in [0.29, 0.717) is 18.7 Å². The number of pyridine rings is 1. The van der Waals surface area contributed by atoms with Gasteiger partial charge in [0.1, 0.15) is 4.83 Å². The second-order valence-electron chi connectivity index (χ2n) is 6.74. The molecule has 2 aliphatic rings. The van der Waals surface area contributed by atoms with Crippen molar-refractivity contribution in [2.24, 2.45) is 0 Å². The Hall–Kier alpha value is -1.57. The Labute approximate surface area is 145 Å². The topological polar surface area (TPSA) is 69.6 Å². The van der Waals surface area contributed by atoms with E-state index in [0.717, 1.165) is 48.3 Å². The van der Waals surface area contributed by atoms with Gasteiger partial charge in [0.2, 0.25) is 0 Å². The van der Waals surface area contributed by atoms with Gasteiger partial charge >= 0.3 is 0 Å².